The van der Waals surface area contributed by atoms with Crippen LogP contribution in [0.2, 0.25) is 0 Å². The largest absolute Gasteiger partial charge is 0.479 e. The average molecular weight is 380 g/mol. The Hall–Kier alpha value is -3.19. The Morgan fingerprint density at radius 3 is 2.26 bits per heavy atom. The Morgan fingerprint density at radius 2 is 1.70 bits per heavy atom. The molecule has 136 valence electrons. The van der Waals surface area contributed by atoms with Crippen molar-refractivity contribution in [2.45, 2.75) is 12.0 Å². The third-order valence-corrected chi connectivity index (χ3v) is 5.40. The molecule has 0 saturated carbocycles. The number of aromatic nitrogens is 1. The van der Waals surface area contributed by atoms with E-state index in [4.69, 9.17) is 4.74 Å². The minimum Gasteiger partial charge on any atom is -0.479 e. The van der Waals surface area contributed by atoms with Crippen molar-refractivity contribution < 1.29 is 19.4 Å². The third kappa shape index (κ3) is 3.29. The van der Waals surface area contributed by atoms with E-state index in [9.17, 15) is 14.7 Å². The molecule has 1 aromatic heterocycles. The molecular weight excluding hydrogens is 364 g/mol. The number of fused-ring (bicyclic) bond motifs is 3. The second-order valence-electron chi connectivity index (χ2n) is 6.16. The third-order valence-electron chi connectivity index (χ3n) is 4.60. The molecule has 7 heteroatoms. The SMILES string of the molecule is O=C(NC(C(=O)O)c1ccns1)OCC1c2ccccc2-c2ccccc21. The number of rotatable bonds is 5. The van der Waals surface area contributed by atoms with Crippen LogP contribution in [0, 0.1) is 0 Å². The van der Waals surface area contributed by atoms with E-state index in [0.717, 1.165) is 33.8 Å². The molecule has 2 aromatic carbocycles. The van der Waals surface area contributed by atoms with E-state index in [0.29, 0.717) is 4.88 Å². The van der Waals surface area contributed by atoms with Crippen LogP contribution in [-0.4, -0.2) is 28.1 Å². The second-order valence-corrected chi connectivity index (χ2v) is 7.02. The average Bonchev–Trinajstić information content (AvgIpc) is 3.31. The van der Waals surface area contributed by atoms with E-state index >= 15 is 0 Å². The number of nitrogens with zero attached hydrogens (tertiary/aromatic N) is 1. The summed E-state index contributed by atoms with van der Waals surface area (Å²) in [6.07, 6.45) is 0.729. The van der Waals surface area contributed by atoms with Gasteiger partial charge in [0.1, 0.15) is 6.61 Å². The minimum absolute atomic E-state index is 0.0742. The molecule has 27 heavy (non-hydrogen) atoms. The van der Waals surface area contributed by atoms with E-state index in [1.165, 1.54) is 6.20 Å². The van der Waals surface area contributed by atoms with Crippen molar-refractivity contribution in [2.24, 2.45) is 0 Å². The van der Waals surface area contributed by atoms with E-state index in [2.05, 4.69) is 21.8 Å². The fraction of sp³-hybridized carbons (Fsp3) is 0.150. The first-order valence-electron chi connectivity index (χ1n) is 8.40. The number of aliphatic carboxylic acids is 1. The van der Waals surface area contributed by atoms with Gasteiger partial charge >= 0.3 is 12.1 Å². The number of amides is 1. The molecule has 1 atom stereocenters. The Kier molecular flexibility index (Phi) is 4.60. The fourth-order valence-electron chi connectivity index (χ4n) is 3.39. The van der Waals surface area contributed by atoms with E-state index in [1.807, 2.05) is 36.4 Å². The number of carboxylic acids is 1. The van der Waals surface area contributed by atoms with Crippen LogP contribution >= 0.6 is 11.5 Å². The van der Waals surface area contributed by atoms with E-state index in [-0.39, 0.29) is 12.5 Å². The highest BCUT2D eigenvalue weighted by Crippen LogP contribution is 2.44. The van der Waals surface area contributed by atoms with Gasteiger partial charge in [-0.15, -0.1) is 0 Å². The molecule has 1 aliphatic carbocycles. The number of hydrogen-bond acceptors (Lipinski definition) is 5. The molecule has 1 unspecified atom stereocenters. The zero-order valence-corrected chi connectivity index (χ0v) is 15.0. The monoisotopic (exact) mass is 380 g/mol. The number of carbonyl (C=O) groups is 2. The van der Waals surface area contributed by atoms with Crippen LogP contribution in [0.1, 0.15) is 28.0 Å². The topological polar surface area (TPSA) is 88.5 Å². The number of carbonyl (C=O) groups excluding carboxylic acids is 1. The molecule has 6 nitrogen and oxygen atoms in total. The van der Waals surface area contributed by atoms with Gasteiger partial charge in [0, 0.05) is 12.1 Å². The lowest BCUT2D eigenvalue weighted by Crippen LogP contribution is -2.34. The summed E-state index contributed by atoms with van der Waals surface area (Å²) < 4.78 is 9.27. The molecule has 4 rings (SSSR count). The van der Waals surface area contributed by atoms with Gasteiger partial charge < -0.3 is 15.2 Å². The standard InChI is InChI=1S/C20H16N2O4S/c23-19(24)18(17-9-10-21-27-17)22-20(25)26-11-16-14-7-3-1-5-12(14)13-6-2-4-8-15(13)16/h1-10,16,18H,11H2,(H,22,25)(H,23,24). The van der Waals surface area contributed by atoms with Gasteiger partial charge in [-0.25, -0.2) is 14.0 Å². The number of ether oxygens (including phenoxy) is 1. The number of nitrogens with one attached hydrogen (secondary N) is 1. The molecule has 1 heterocycles. The van der Waals surface area contributed by atoms with Crippen molar-refractivity contribution >= 4 is 23.6 Å². The number of hydrogen-bond donors (Lipinski definition) is 2. The van der Waals surface area contributed by atoms with Crippen molar-refractivity contribution in [3.05, 3.63) is 76.8 Å². The summed E-state index contributed by atoms with van der Waals surface area (Å²) >= 11 is 1.03. The van der Waals surface area contributed by atoms with E-state index in [1.54, 1.807) is 6.07 Å². The van der Waals surface area contributed by atoms with Gasteiger partial charge in [-0.2, -0.15) is 0 Å². The highest BCUT2D eigenvalue weighted by atomic mass is 32.1. The predicted molar refractivity (Wildman–Crippen MR) is 101 cm³/mol. The van der Waals surface area contributed by atoms with Gasteiger partial charge in [0.25, 0.3) is 0 Å². The quantitative estimate of drug-likeness (QED) is 0.703. The van der Waals surface area contributed by atoms with Crippen LogP contribution in [0.15, 0.2) is 60.8 Å². The van der Waals surface area contributed by atoms with Crippen molar-refractivity contribution in [1.29, 1.82) is 0 Å². The summed E-state index contributed by atoms with van der Waals surface area (Å²) in [5.74, 6) is -1.23. The Labute approximate surface area is 159 Å². The van der Waals surface area contributed by atoms with Crippen molar-refractivity contribution in [1.82, 2.24) is 9.69 Å². The van der Waals surface area contributed by atoms with Crippen LogP contribution in [-0.2, 0) is 9.53 Å². The van der Waals surface area contributed by atoms with Crippen molar-refractivity contribution in [3.63, 3.8) is 0 Å². The van der Waals surface area contributed by atoms with Crippen LogP contribution < -0.4 is 5.32 Å². The summed E-state index contributed by atoms with van der Waals surface area (Å²) in [7, 11) is 0. The van der Waals surface area contributed by atoms with E-state index < -0.39 is 18.1 Å². The van der Waals surface area contributed by atoms with Crippen molar-refractivity contribution in [3.8, 4) is 11.1 Å². The lowest BCUT2D eigenvalue weighted by Gasteiger charge is -2.16. The first-order valence-corrected chi connectivity index (χ1v) is 9.17. The van der Waals surface area contributed by atoms with Gasteiger partial charge in [0.15, 0.2) is 6.04 Å². The van der Waals surface area contributed by atoms with Crippen molar-refractivity contribution in [2.75, 3.05) is 6.61 Å². The maximum atomic E-state index is 12.2. The van der Waals surface area contributed by atoms with Gasteiger partial charge in [-0.3, -0.25) is 0 Å². The number of benzene rings is 2. The number of carboxylic acid groups (broad SMARTS) is 1. The summed E-state index contributed by atoms with van der Waals surface area (Å²) in [5, 5.41) is 11.7. The van der Waals surface area contributed by atoms with Crippen LogP contribution in [0.3, 0.4) is 0 Å². The minimum atomic E-state index is -1.17. The lowest BCUT2D eigenvalue weighted by molar-refractivity contribution is -0.139. The first kappa shape index (κ1) is 17.2. The highest BCUT2D eigenvalue weighted by molar-refractivity contribution is 7.05. The summed E-state index contributed by atoms with van der Waals surface area (Å²) in [6, 6.07) is 16.4. The Bertz CT molecular complexity index is 942. The Balaban J connectivity index is 1.49. The molecule has 1 aliphatic rings. The van der Waals surface area contributed by atoms with Crippen LogP contribution in [0.4, 0.5) is 4.79 Å². The predicted octanol–water partition coefficient (Wildman–Crippen LogP) is 3.81. The maximum Gasteiger partial charge on any atom is 0.408 e. The molecule has 0 saturated heterocycles. The zero-order chi connectivity index (χ0) is 18.8. The molecular formula is C20H16N2O4S. The maximum absolute atomic E-state index is 12.2. The molecule has 1 amide bonds. The second kappa shape index (κ2) is 7.20. The molecule has 0 bridgehead atoms. The molecule has 0 radical (unpaired) electrons. The lowest BCUT2D eigenvalue weighted by atomic mass is 9.98. The van der Waals surface area contributed by atoms with Gasteiger partial charge in [-0.1, -0.05) is 48.5 Å². The fourth-order valence-corrected chi connectivity index (χ4v) is 4.02. The molecule has 0 fully saturated rings. The number of alkyl carbamates (subject to hydrolysis) is 1. The first-order chi connectivity index (χ1) is 13.1. The molecule has 0 spiro atoms. The summed E-state index contributed by atoms with van der Waals surface area (Å²) in [4.78, 5) is 24.1. The molecule has 0 aliphatic heterocycles. The van der Waals surface area contributed by atoms with Gasteiger partial charge in [0.2, 0.25) is 0 Å². The highest BCUT2D eigenvalue weighted by Gasteiger charge is 2.30. The molecule has 2 N–H and O–H groups in total. The van der Waals surface area contributed by atoms with Gasteiger partial charge in [-0.05, 0) is 39.9 Å². The van der Waals surface area contributed by atoms with Gasteiger partial charge in [0.05, 0.1) is 4.88 Å². The van der Waals surface area contributed by atoms with Crippen LogP contribution in [0.25, 0.3) is 11.1 Å². The zero-order valence-electron chi connectivity index (χ0n) is 14.2. The Morgan fingerprint density at radius 1 is 1.07 bits per heavy atom. The smallest absolute Gasteiger partial charge is 0.408 e. The normalized spacial score (nSPS) is 13.5. The summed E-state index contributed by atoms with van der Waals surface area (Å²) in [5.41, 5.74) is 4.47. The van der Waals surface area contributed by atoms with Crippen LogP contribution in [0.5, 0.6) is 0 Å². The summed E-state index contributed by atoms with van der Waals surface area (Å²) in [6.45, 7) is 0.134. The molecule has 3 aromatic rings.